The highest BCUT2D eigenvalue weighted by Crippen LogP contribution is 2.15. The molecule has 0 fully saturated rings. The van der Waals surface area contributed by atoms with Crippen molar-refractivity contribution in [1.29, 1.82) is 0 Å². The van der Waals surface area contributed by atoms with Gasteiger partial charge in [0, 0.05) is 12.2 Å². The van der Waals surface area contributed by atoms with Gasteiger partial charge in [0.25, 0.3) is 0 Å². The third-order valence-corrected chi connectivity index (χ3v) is 2.91. The van der Waals surface area contributed by atoms with Crippen molar-refractivity contribution in [1.82, 2.24) is 5.32 Å². The lowest BCUT2D eigenvalue weighted by Gasteiger charge is -2.11. The number of carboxylic acids is 1. The van der Waals surface area contributed by atoms with Crippen LogP contribution in [0.1, 0.15) is 24.5 Å². The molecule has 2 amide bonds. The van der Waals surface area contributed by atoms with Crippen LogP contribution in [0.4, 0.5) is 10.5 Å². The number of rotatable bonds is 5. The molecule has 3 N–H and O–H groups in total. The molecule has 0 aromatic heterocycles. The monoisotopic (exact) mass is 264 g/mol. The predicted octanol–water partition coefficient (Wildman–Crippen LogP) is 2.54. The molecular weight excluding hydrogens is 244 g/mol. The lowest BCUT2D eigenvalue weighted by atomic mass is 10.1. The standard InChI is InChI=1S/C14H20N2O3/c1-9-4-5-12(11(3)8-9)16-14(19)15-7-6-10(2)13(17)18/h4-5,8,10H,6-7H2,1-3H3,(H,17,18)(H2,15,16,19). The summed E-state index contributed by atoms with van der Waals surface area (Å²) in [5, 5.41) is 14.1. The molecule has 1 unspecified atom stereocenters. The van der Waals surface area contributed by atoms with Gasteiger partial charge < -0.3 is 15.7 Å². The second-order valence-electron chi connectivity index (χ2n) is 4.73. The molecule has 0 aliphatic heterocycles. The summed E-state index contributed by atoms with van der Waals surface area (Å²) in [5.74, 6) is -1.31. The van der Waals surface area contributed by atoms with Crippen LogP contribution in [0.5, 0.6) is 0 Å². The Labute approximate surface area is 113 Å². The molecule has 1 atom stereocenters. The summed E-state index contributed by atoms with van der Waals surface area (Å²) >= 11 is 0. The molecule has 1 rings (SSSR count). The number of aryl methyl sites for hydroxylation is 2. The maximum atomic E-state index is 11.6. The van der Waals surface area contributed by atoms with Gasteiger partial charge in [-0.05, 0) is 31.9 Å². The predicted molar refractivity (Wildman–Crippen MR) is 74.4 cm³/mol. The van der Waals surface area contributed by atoms with E-state index < -0.39 is 11.9 Å². The maximum Gasteiger partial charge on any atom is 0.319 e. The molecule has 1 aromatic rings. The number of carbonyl (C=O) groups is 2. The Balaban J connectivity index is 2.41. The van der Waals surface area contributed by atoms with Gasteiger partial charge in [-0.1, -0.05) is 24.6 Å². The number of nitrogens with one attached hydrogen (secondary N) is 2. The third kappa shape index (κ3) is 4.99. The topological polar surface area (TPSA) is 78.4 Å². The number of hydrogen-bond donors (Lipinski definition) is 3. The minimum atomic E-state index is -0.850. The quantitative estimate of drug-likeness (QED) is 0.764. The number of carboxylic acid groups (broad SMARTS) is 1. The first kappa shape index (κ1) is 15.0. The molecule has 5 heteroatoms. The van der Waals surface area contributed by atoms with Crippen LogP contribution in [0.25, 0.3) is 0 Å². The van der Waals surface area contributed by atoms with E-state index >= 15 is 0 Å². The van der Waals surface area contributed by atoms with Crippen molar-refractivity contribution in [2.45, 2.75) is 27.2 Å². The van der Waals surface area contributed by atoms with Crippen LogP contribution in [-0.4, -0.2) is 23.7 Å². The van der Waals surface area contributed by atoms with Crippen LogP contribution in [0.15, 0.2) is 18.2 Å². The van der Waals surface area contributed by atoms with Crippen LogP contribution in [0.3, 0.4) is 0 Å². The summed E-state index contributed by atoms with van der Waals surface area (Å²) in [6, 6.07) is 5.45. The summed E-state index contributed by atoms with van der Waals surface area (Å²) in [6.07, 6.45) is 0.412. The fourth-order valence-electron chi connectivity index (χ4n) is 1.65. The van der Waals surface area contributed by atoms with Crippen LogP contribution in [0, 0.1) is 19.8 Å². The van der Waals surface area contributed by atoms with E-state index in [0.717, 1.165) is 16.8 Å². The van der Waals surface area contributed by atoms with Crippen molar-refractivity contribution in [2.24, 2.45) is 5.92 Å². The highest BCUT2D eigenvalue weighted by atomic mass is 16.4. The van der Waals surface area contributed by atoms with E-state index in [1.165, 1.54) is 0 Å². The van der Waals surface area contributed by atoms with Crippen LogP contribution in [-0.2, 0) is 4.79 Å². The second kappa shape index (κ2) is 6.78. The van der Waals surface area contributed by atoms with Gasteiger partial charge in [0.15, 0.2) is 0 Å². The Morgan fingerprint density at radius 1 is 1.32 bits per heavy atom. The number of carbonyl (C=O) groups excluding carboxylic acids is 1. The van der Waals surface area contributed by atoms with Crippen molar-refractivity contribution >= 4 is 17.7 Å². The van der Waals surface area contributed by atoms with Gasteiger partial charge in [0.2, 0.25) is 0 Å². The zero-order chi connectivity index (χ0) is 14.4. The Hall–Kier alpha value is -2.04. The molecule has 0 spiro atoms. The lowest BCUT2D eigenvalue weighted by molar-refractivity contribution is -0.141. The van der Waals surface area contributed by atoms with Gasteiger partial charge in [0.1, 0.15) is 0 Å². The van der Waals surface area contributed by atoms with Crippen molar-refractivity contribution < 1.29 is 14.7 Å². The van der Waals surface area contributed by atoms with E-state index in [1.807, 2.05) is 32.0 Å². The second-order valence-corrected chi connectivity index (χ2v) is 4.73. The van der Waals surface area contributed by atoms with Gasteiger partial charge in [-0.15, -0.1) is 0 Å². The van der Waals surface area contributed by atoms with Crippen molar-refractivity contribution in [2.75, 3.05) is 11.9 Å². The highest BCUT2D eigenvalue weighted by molar-refractivity contribution is 5.90. The molecule has 0 saturated heterocycles. The summed E-state index contributed by atoms with van der Waals surface area (Å²) in [6.45, 7) is 5.87. The van der Waals surface area contributed by atoms with E-state index in [1.54, 1.807) is 6.92 Å². The Morgan fingerprint density at radius 3 is 2.58 bits per heavy atom. The fraction of sp³-hybridized carbons (Fsp3) is 0.429. The van der Waals surface area contributed by atoms with Gasteiger partial charge in [-0.2, -0.15) is 0 Å². The smallest absolute Gasteiger partial charge is 0.319 e. The highest BCUT2D eigenvalue weighted by Gasteiger charge is 2.11. The first-order valence-electron chi connectivity index (χ1n) is 6.25. The van der Waals surface area contributed by atoms with E-state index in [-0.39, 0.29) is 6.03 Å². The van der Waals surface area contributed by atoms with Crippen LogP contribution < -0.4 is 10.6 Å². The molecule has 0 saturated carbocycles. The molecule has 19 heavy (non-hydrogen) atoms. The van der Waals surface area contributed by atoms with Gasteiger partial charge in [-0.3, -0.25) is 4.79 Å². The average Bonchev–Trinajstić information content (AvgIpc) is 2.32. The Kier molecular flexibility index (Phi) is 5.36. The largest absolute Gasteiger partial charge is 0.481 e. The van der Waals surface area contributed by atoms with E-state index in [2.05, 4.69) is 10.6 Å². The summed E-state index contributed by atoms with van der Waals surface area (Å²) in [7, 11) is 0. The number of benzene rings is 1. The summed E-state index contributed by atoms with van der Waals surface area (Å²) in [4.78, 5) is 22.2. The lowest BCUT2D eigenvalue weighted by Crippen LogP contribution is -2.31. The van der Waals surface area contributed by atoms with Crippen molar-refractivity contribution in [3.8, 4) is 0 Å². The average molecular weight is 264 g/mol. The number of amides is 2. The molecular formula is C14H20N2O3. The Bertz CT molecular complexity index is 472. The molecule has 1 aromatic carbocycles. The minimum absolute atomic E-state index is 0.315. The zero-order valence-corrected chi connectivity index (χ0v) is 11.5. The maximum absolute atomic E-state index is 11.6. The minimum Gasteiger partial charge on any atom is -0.481 e. The van der Waals surface area contributed by atoms with Crippen molar-refractivity contribution in [3.63, 3.8) is 0 Å². The third-order valence-electron chi connectivity index (χ3n) is 2.91. The number of urea groups is 1. The Morgan fingerprint density at radius 2 is 2.00 bits per heavy atom. The van der Waals surface area contributed by atoms with Gasteiger partial charge >= 0.3 is 12.0 Å². The van der Waals surface area contributed by atoms with Gasteiger partial charge in [-0.25, -0.2) is 4.79 Å². The molecule has 0 bridgehead atoms. The van der Waals surface area contributed by atoms with Gasteiger partial charge in [0.05, 0.1) is 5.92 Å². The van der Waals surface area contributed by atoms with E-state index in [4.69, 9.17) is 5.11 Å². The van der Waals surface area contributed by atoms with E-state index in [0.29, 0.717) is 13.0 Å². The number of hydrogen-bond acceptors (Lipinski definition) is 2. The van der Waals surface area contributed by atoms with Crippen molar-refractivity contribution in [3.05, 3.63) is 29.3 Å². The van der Waals surface area contributed by atoms with E-state index in [9.17, 15) is 9.59 Å². The first-order chi connectivity index (χ1) is 8.90. The molecule has 0 heterocycles. The normalized spacial score (nSPS) is 11.7. The first-order valence-corrected chi connectivity index (χ1v) is 6.25. The molecule has 0 aliphatic rings. The zero-order valence-electron chi connectivity index (χ0n) is 11.5. The number of aliphatic carboxylic acids is 1. The SMILES string of the molecule is Cc1ccc(NC(=O)NCCC(C)C(=O)O)c(C)c1. The molecule has 0 aliphatic carbocycles. The van der Waals surface area contributed by atoms with Crippen LogP contribution in [0.2, 0.25) is 0 Å². The number of anilines is 1. The molecule has 104 valence electrons. The fourth-order valence-corrected chi connectivity index (χ4v) is 1.65. The molecule has 0 radical (unpaired) electrons. The summed E-state index contributed by atoms with van der Waals surface area (Å²) in [5.41, 5.74) is 2.89. The van der Waals surface area contributed by atoms with Crippen LogP contribution >= 0.6 is 0 Å². The summed E-state index contributed by atoms with van der Waals surface area (Å²) < 4.78 is 0. The molecule has 5 nitrogen and oxygen atoms in total.